The molecule has 0 aliphatic carbocycles. The maximum absolute atomic E-state index is 13.4. The molecule has 31 heavy (non-hydrogen) atoms. The van der Waals surface area contributed by atoms with Crippen LogP contribution in [0.25, 0.3) is 5.70 Å². The number of carbonyl (C=O) groups excluding carboxylic acids is 1. The predicted molar refractivity (Wildman–Crippen MR) is 123 cm³/mol. The number of fused-ring (bicyclic) bond motifs is 1. The molecule has 2 heterocycles. The van der Waals surface area contributed by atoms with Crippen molar-refractivity contribution in [1.29, 1.82) is 0 Å². The van der Waals surface area contributed by atoms with E-state index in [1.54, 1.807) is 31.2 Å². The Balaban J connectivity index is 2.06. The molecule has 0 radical (unpaired) electrons. The highest BCUT2D eigenvalue weighted by atomic mass is 35.5. The molecule has 0 bridgehead atoms. The van der Waals surface area contributed by atoms with Crippen molar-refractivity contribution in [2.75, 3.05) is 12.4 Å². The molecule has 0 spiro atoms. The van der Waals surface area contributed by atoms with Gasteiger partial charge in [-0.3, -0.25) is 4.99 Å². The zero-order valence-electron chi connectivity index (χ0n) is 17.3. The van der Waals surface area contributed by atoms with Crippen LogP contribution in [0.3, 0.4) is 0 Å². The number of benzene rings is 2. The SMILES string of the molecule is CCOC(=O)C1=C(c2ccccc2)N=C2CCCCS(=O)(=O)C2C1c1ccccc1Cl. The van der Waals surface area contributed by atoms with Crippen molar-refractivity contribution in [1.82, 2.24) is 0 Å². The number of sulfone groups is 1. The largest absolute Gasteiger partial charge is 0.463 e. The lowest BCUT2D eigenvalue weighted by Crippen LogP contribution is -2.41. The highest BCUT2D eigenvalue weighted by Crippen LogP contribution is 2.45. The van der Waals surface area contributed by atoms with E-state index in [1.807, 2.05) is 30.3 Å². The summed E-state index contributed by atoms with van der Waals surface area (Å²) in [7, 11) is -3.55. The second-order valence-corrected chi connectivity index (χ2v) is 10.3. The normalized spacial score (nSPS) is 22.8. The molecule has 0 N–H and O–H groups in total. The standard InChI is InChI=1S/C24H24ClNO4S/c1-2-30-24(27)21-20(17-12-6-7-13-18(17)25)23-19(14-8-9-15-31(23,28)29)26-22(21)16-10-4-3-5-11-16/h3-7,10-13,20,23H,2,8-9,14-15H2,1H3. The second kappa shape index (κ2) is 8.97. The molecule has 0 saturated carbocycles. The quantitative estimate of drug-likeness (QED) is 0.617. The van der Waals surface area contributed by atoms with Gasteiger partial charge >= 0.3 is 5.97 Å². The van der Waals surface area contributed by atoms with Crippen molar-refractivity contribution in [3.05, 3.63) is 76.3 Å². The molecule has 162 valence electrons. The molecule has 0 aromatic heterocycles. The van der Waals surface area contributed by atoms with Crippen LogP contribution in [-0.2, 0) is 19.4 Å². The Morgan fingerprint density at radius 2 is 1.81 bits per heavy atom. The number of ether oxygens (including phenoxy) is 1. The first kappa shape index (κ1) is 21.8. The van der Waals surface area contributed by atoms with Gasteiger partial charge in [-0.05, 0) is 37.8 Å². The van der Waals surface area contributed by atoms with Gasteiger partial charge in [-0.25, -0.2) is 13.2 Å². The summed E-state index contributed by atoms with van der Waals surface area (Å²) in [5, 5.41) is -0.510. The van der Waals surface area contributed by atoms with Gasteiger partial charge in [0, 0.05) is 22.2 Å². The summed E-state index contributed by atoms with van der Waals surface area (Å²) in [6, 6.07) is 16.5. The van der Waals surface area contributed by atoms with E-state index < -0.39 is 27.0 Å². The number of rotatable bonds is 4. The van der Waals surface area contributed by atoms with Crippen LogP contribution in [0.1, 0.15) is 43.2 Å². The number of esters is 1. The van der Waals surface area contributed by atoms with Gasteiger partial charge in [0.1, 0.15) is 5.25 Å². The van der Waals surface area contributed by atoms with Crippen LogP contribution in [0.2, 0.25) is 5.02 Å². The van der Waals surface area contributed by atoms with E-state index in [1.165, 1.54) is 0 Å². The minimum Gasteiger partial charge on any atom is -0.463 e. The van der Waals surface area contributed by atoms with E-state index in [9.17, 15) is 13.2 Å². The number of nitrogens with zero attached hydrogens (tertiary/aromatic N) is 1. The van der Waals surface area contributed by atoms with Crippen LogP contribution in [-0.4, -0.2) is 37.7 Å². The van der Waals surface area contributed by atoms with Gasteiger partial charge in [0.2, 0.25) is 0 Å². The zero-order valence-corrected chi connectivity index (χ0v) is 18.8. The zero-order chi connectivity index (χ0) is 22.0. The van der Waals surface area contributed by atoms with E-state index >= 15 is 0 Å². The molecule has 0 amide bonds. The van der Waals surface area contributed by atoms with Gasteiger partial charge in [0.15, 0.2) is 9.84 Å². The first-order valence-electron chi connectivity index (χ1n) is 10.4. The lowest BCUT2D eigenvalue weighted by molar-refractivity contribution is -0.138. The van der Waals surface area contributed by atoms with Crippen molar-refractivity contribution in [2.45, 2.75) is 37.4 Å². The van der Waals surface area contributed by atoms with Gasteiger partial charge in [0.25, 0.3) is 0 Å². The first-order valence-corrected chi connectivity index (χ1v) is 12.5. The smallest absolute Gasteiger partial charge is 0.336 e. The molecule has 1 fully saturated rings. The molecule has 2 aromatic rings. The van der Waals surface area contributed by atoms with E-state index in [2.05, 4.69) is 0 Å². The topological polar surface area (TPSA) is 72.8 Å². The summed E-state index contributed by atoms with van der Waals surface area (Å²) in [6.45, 7) is 1.90. The minimum absolute atomic E-state index is 0.0639. The van der Waals surface area contributed by atoms with Crippen LogP contribution < -0.4 is 0 Å². The first-order chi connectivity index (χ1) is 14.9. The van der Waals surface area contributed by atoms with Crippen molar-refractivity contribution >= 4 is 38.8 Å². The predicted octanol–water partition coefficient (Wildman–Crippen LogP) is 4.82. The highest BCUT2D eigenvalue weighted by molar-refractivity contribution is 7.92. The number of aliphatic imine (C=N–C) groups is 1. The summed E-state index contributed by atoms with van der Waals surface area (Å²) in [5.41, 5.74) is 2.65. The summed E-state index contributed by atoms with van der Waals surface area (Å²) in [4.78, 5) is 18.1. The minimum atomic E-state index is -3.55. The Labute approximate surface area is 187 Å². The van der Waals surface area contributed by atoms with Crippen molar-refractivity contribution in [3.8, 4) is 0 Å². The van der Waals surface area contributed by atoms with Crippen molar-refractivity contribution < 1.29 is 17.9 Å². The molecule has 7 heteroatoms. The summed E-state index contributed by atoms with van der Waals surface area (Å²) < 4.78 is 32.2. The molecule has 4 rings (SSSR count). The van der Waals surface area contributed by atoms with Gasteiger partial charge in [0.05, 0.1) is 23.6 Å². The summed E-state index contributed by atoms with van der Waals surface area (Å²) in [6.07, 6.45) is 1.88. The molecular formula is C24H24ClNO4S. The Morgan fingerprint density at radius 1 is 1.10 bits per heavy atom. The Kier molecular flexibility index (Phi) is 6.30. The monoisotopic (exact) mass is 457 g/mol. The van der Waals surface area contributed by atoms with Gasteiger partial charge in [-0.15, -0.1) is 0 Å². The third-order valence-corrected chi connectivity index (χ3v) is 8.25. The summed E-state index contributed by atoms with van der Waals surface area (Å²) >= 11 is 6.55. The molecule has 2 aliphatic heterocycles. The fraction of sp³-hybridized carbons (Fsp3) is 0.333. The molecule has 2 aliphatic rings. The average Bonchev–Trinajstić information content (AvgIpc) is 2.91. The van der Waals surface area contributed by atoms with Gasteiger partial charge in [-0.1, -0.05) is 60.1 Å². The van der Waals surface area contributed by atoms with Crippen molar-refractivity contribution in [3.63, 3.8) is 0 Å². The van der Waals surface area contributed by atoms with Crippen LogP contribution in [0.5, 0.6) is 0 Å². The lowest BCUT2D eigenvalue weighted by Gasteiger charge is -2.34. The van der Waals surface area contributed by atoms with Crippen LogP contribution in [0.4, 0.5) is 0 Å². The fourth-order valence-corrected chi connectivity index (χ4v) is 6.80. The number of hydrogen-bond acceptors (Lipinski definition) is 5. The van der Waals surface area contributed by atoms with Crippen LogP contribution >= 0.6 is 11.6 Å². The third kappa shape index (κ3) is 4.19. The van der Waals surface area contributed by atoms with Crippen molar-refractivity contribution in [2.24, 2.45) is 4.99 Å². The van der Waals surface area contributed by atoms with E-state index in [4.69, 9.17) is 21.3 Å². The molecular weight excluding hydrogens is 434 g/mol. The Morgan fingerprint density at radius 3 is 2.52 bits per heavy atom. The van der Waals surface area contributed by atoms with Gasteiger partial charge in [-0.2, -0.15) is 0 Å². The van der Waals surface area contributed by atoms with Crippen LogP contribution in [0.15, 0.2) is 65.2 Å². The molecule has 2 aromatic carbocycles. The van der Waals surface area contributed by atoms with E-state index in [0.29, 0.717) is 34.8 Å². The second-order valence-electron chi connectivity index (χ2n) is 7.70. The maximum atomic E-state index is 13.4. The maximum Gasteiger partial charge on any atom is 0.336 e. The van der Waals surface area contributed by atoms with Crippen LogP contribution in [0, 0.1) is 0 Å². The summed E-state index contributed by atoms with van der Waals surface area (Å²) in [5.74, 6) is -1.28. The Hall–Kier alpha value is -2.44. The Bertz CT molecular complexity index is 1160. The molecule has 2 atom stereocenters. The highest BCUT2D eigenvalue weighted by Gasteiger charge is 2.47. The van der Waals surface area contributed by atoms with E-state index in [-0.39, 0.29) is 17.9 Å². The van der Waals surface area contributed by atoms with Gasteiger partial charge < -0.3 is 4.74 Å². The number of hydrogen-bond donors (Lipinski definition) is 0. The number of carbonyl (C=O) groups is 1. The molecule has 1 saturated heterocycles. The fourth-order valence-electron chi connectivity index (χ4n) is 4.40. The van der Waals surface area contributed by atoms with E-state index in [0.717, 1.165) is 12.0 Å². The number of halogens is 1. The third-order valence-electron chi connectivity index (χ3n) is 5.73. The lowest BCUT2D eigenvalue weighted by atomic mass is 9.81. The molecule has 2 unspecified atom stereocenters. The molecule has 5 nitrogen and oxygen atoms in total. The average molecular weight is 458 g/mol.